The number of nitrogens with zero attached hydrogens (tertiary/aromatic N) is 1. The second-order valence-electron chi connectivity index (χ2n) is 4.95. The quantitative estimate of drug-likeness (QED) is 0.874. The molecule has 2 nitrogen and oxygen atoms in total. The van der Waals surface area contributed by atoms with E-state index in [-0.39, 0.29) is 5.82 Å². The van der Waals surface area contributed by atoms with Gasteiger partial charge in [0.1, 0.15) is 5.82 Å². The molecule has 0 aromatic heterocycles. The van der Waals surface area contributed by atoms with Crippen molar-refractivity contribution in [1.29, 1.82) is 0 Å². The van der Waals surface area contributed by atoms with Gasteiger partial charge in [-0.3, -0.25) is 0 Å². The Bertz CT molecular complexity index is 370. The summed E-state index contributed by atoms with van der Waals surface area (Å²) >= 11 is 0. The Morgan fingerprint density at radius 3 is 2.71 bits per heavy atom. The molecule has 2 rings (SSSR count). The maximum atomic E-state index is 13.8. The van der Waals surface area contributed by atoms with Crippen LogP contribution < -0.4 is 10.6 Å². The SMILES string of the molecule is CC1CCN(c2cccc(F)c2CCN)CC1. The Morgan fingerprint density at radius 2 is 2.06 bits per heavy atom. The normalized spacial score (nSPS) is 17.5. The lowest BCUT2D eigenvalue weighted by Gasteiger charge is -2.33. The lowest BCUT2D eigenvalue weighted by Crippen LogP contribution is -2.33. The van der Waals surface area contributed by atoms with E-state index in [1.807, 2.05) is 6.07 Å². The fourth-order valence-electron chi connectivity index (χ4n) is 2.48. The number of anilines is 1. The van der Waals surface area contributed by atoms with E-state index in [4.69, 9.17) is 5.73 Å². The van der Waals surface area contributed by atoms with Crippen LogP contribution in [0.4, 0.5) is 10.1 Å². The molecule has 17 heavy (non-hydrogen) atoms. The molecule has 1 aliphatic heterocycles. The van der Waals surface area contributed by atoms with Crippen molar-refractivity contribution in [1.82, 2.24) is 0 Å². The Balaban J connectivity index is 2.22. The van der Waals surface area contributed by atoms with Crippen molar-refractivity contribution in [2.75, 3.05) is 24.5 Å². The molecule has 0 saturated carbocycles. The summed E-state index contributed by atoms with van der Waals surface area (Å²) in [6, 6.07) is 5.34. The van der Waals surface area contributed by atoms with Crippen molar-refractivity contribution in [3.05, 3.63) is 29.6 Å². The minimum atomic E-state index is -0.119. The number of hydrogen-bond donors (Lipinski definition) is 1. The van der Waals surface area contributed by atoms with Crippen LogP contribution in [0.3, 0.4) is 0 Å². The molecule has 1 aromatic rings. The molecule has 0 unspecified atom stereocenters. The van der Waals surface area contributed by atoms with Gasteiger partial charge in [-0.15, -0.1) is 0 Å². The summed E-state index contributed by atoms with van der Waals surface area (Å²) in [4.78, 5) is 2.30. The maximum Gasteiger partial charge on any atom is 0.128 e. The summed E-state index contributed by atoms with van der Waals surface area (Å²) in [5.74, 6) is 0.671. The van der Waals surface area contributed by atoms with E-state index in [0.29, 0.717) is 13.0 Å². The monoisotopic (exact) mass is 236 g/mol. The van der Waals surface area contributed by atoms with Gasteiger partial charge in [0, 0.05) is 24.3 Å². The van der Waals surface area contributed by atoms with Crippen LogP contribution in [-0.4, -0.2) is 19.6 Å². The number of rotatable bonds is 3. The standard InChI is InChI=1S/C14H21FN2/c1-11-6-9-17(10-7-11)14-4-2-3-13(15)12(14)5-8-16/h2-4,11H,5-10,16H2,1H3. The molecule has 3 heteroatoms. The van der Waals surface area contributed by atoms with Gasteiger partial charge < -0.3 is 10.6 Å². The highest BCUT2D eigenvalue weighted by molar-refractivity contribution is 5.54. The van der Waals surface area contributed by atoms with E-state index >= 15 is 0 Å². The molecule has 0 bridgehead atoms. The number of nitrogens with two attached hydrogens (primary N) is 1. The molecular weight excluding hydrogens is 215 g/mol. The summed E-state index contributed by atoms with van der Waals surface area (Å²) < 4.78 is 13.8. The molecule has 2 N–H and O–H groups in total. The van der Waals surface area contributed by atoms with Crippen LogP contribution in [0.5, 0.6) is 0 Å². The highest BCUT2D eigenvalue weighted by atomic mass is 19.1. The molecule has 1 saturated heterocycles. The first-order chi connectivity index (χ1) is 8.22. The van der Waals surface area contributed by atoms with Crippen LogP contribution in [0.2, 0.25) is 0 Å². The van der Waals surface area contributed by atoms with Crippen molar-refractivity contribution in [3.63, 3.8) is 0 Å². The van der Waals surface area contributed by atoms with Gasteiger partial charge in [-0.25, -0.2) is 4.39 Å². The molecular formula is C14H21FN2. The van der Waals surface area contributed by atoms with Gasteiger partial charge in [0.2, 0.25) is 0 Å². The summed E-state index contributed by atoms with van der Waals surface area (Å²) in [6.07, 6.45) is 3.01. The van der Waals surface area contributed by atoms with Crippen LogP contribution in [-0.2, 0) is 6.42 Å². The smallest absolute Gasteiger partial charge is 0.128 e. The van der Waals surface area contributed by atoms with E-state index in [2.05, 4.69) is 11.8 Å². The van der Waals surface area contributed by atoms with Crippen molar-refractivity contribution >= 4 is 5.69 Å². The third kappa shape index (κ3) is 2.78. The first kappa shape index (κ1) is 12.4. The molecule has 0 spiro atoms. The molecule has 1 fully saturated rings. The highest BCUT2D eigenvalue weighted by Gasteiger charge is 2.19. The Kier molecular flexibility index (Phi) is 4.00. The lowest BCUT2D eigenvalue weighted by atomic mass is 9.97. The molecule has 94 valence electrons. The number of piperidine rings is 1. The largest absolute Gasteiger partial charge is 0.371 e. The average molecular weight is 236 g/mol. The zero-order valence-corrected chi connectivity index (χ0v) is 10.5. The van der Waals surface area contributed by atoms with Crippen molar-refractivity contribution in [2.45, 2.75) is 26.2 Å². The number of halogens is 1. The third-order valence-corrected chi connectivity index (χ3v) is 3.61. The van der Waals surface area contributed by atoms with Crippen molar-refractivity contribution in [3.8, 4) is 0 Å². The fraction of sp³-hybridized carbons (Fsp3) is 0.571. The minimum Gasteiger partial charge on any atom is -0.371 e. The third-order valence-electron chi connectivity index (χ3n) is 3.61. The van der Waals surface area contributed by atoms with Crippen LogP contribution in [0.1, 0.15) is 25.3 Å². The molecule has 0 aliphatic carbocycles. The Labute approximate surface area is 103 Å². The van der Waals surface area contributed by atoms with Gasteiger partial charge in [-0.05, 0) is 43.9 Å². The summed E-state index contributed by atoms with van der Waals surface area (Å²) in [5.41, 5.74) is 7.39. The van der Waals surface area contributed by atoms with Crippen LogP contribution >= 0.6 is 0 Å². The van der Waals surface area contributed by atoms with Crippen molar-refractivity contribution in [2.24, 2.45) is 11.7 Å². The molecule has 0 atom stereocenters. The molecule has 0 amide bonds. The predicted molar refractivity (Wildman–Crippen MR) is 69.8 cm³/mol. The fourth-order valence-corrected chi connectivity index (χ4v) is 2.48. The van der Waals surface area contributed by atoms with Gasteiger partial charge >= 0.3 is 0 Å². The average Bonchev–Trinajstić information content (AvgIpc) is 2.33. The number of benzene rings is 1. The molecule has 0 radical (unpaired) electrons. The molecule has 1 aliphatic rings. The van der Waals surface area contributed by atoms with E-state index < -0.39 is 0 Å². The molecule has 1 aromatic carbocycles. The van der Waals surface area contributed by atoms with Crippen LogP contribution in [0, 0.1) is 11.7 Å². The first-order valence-corrected chi connectivity index (χ1v) is 6.44. The second-order valence-corrected chi connectivity index (χ2v) is 4.95. The van der Waals surface area contributed by atoms with Gasteiger partial charge in [0.15, 0.2) is 0 Å². The number of hydrogen-bond acceptors (Lipinski definition) is 2. The van der Waals surface area contributed by atoms with Crippen LogP contribution in [0.15, 0.2) is 18.2 Å². The van der Waals surface area contributed by atoms with E-state index in [0.717, 1.165) is 30.3 Å². The first-order valence-electron chi connectivity index (χ1n) is 6.44. The Hall–Kier alpha value is -1.09. The molecule has 1 heterocycles. The minimum absolute atomic E-state index is 0.119. The van der Waals surface area contributed by atoms with E-state index in [1.165, 1.54) is 18.9 Å². The predicted octanol–water partition coefficient (Wildman–Crippen LogP) is 2.56. The van der Waals surface area contributed by atoms with Gasteiger partial charge in [0.05, 0.1) is 0 Å². The van der Waals surface area contributed by atoms with E-state index in [1.54, 1.807) is 6.07 Å². The van der Waals surface area contributed by atoms with Crippen LogP contribution in [0.25, 0.3) is 0 Å². The zero-order chi connectivity index (χ0) is 12.3. The highest BCUT2D eigenvalue weighted by Crippen LogP contribution is 2.28. The Morgan fingerprint density at radius 1 is 1.35 bits per heavy atom. The van der Waals surface area contributed by atoms with Gasteiger partial charge in [0.25, 0.3) is 0 Å². The summed E-state index contributed by atoms with van der Waals surface area (Å²) in [7, 11) is 0. The maximum absolute atomic E-state index is 13.8. The summed E-state index contributed by atoms with van der Waals surface area (Å²) in [5, 5.41) is 0. The van der Waals surface area contributed by atoms with E-state index in [9.17, 15) is 4.39 Å². The lowest BCUT2D eigenvalue weighted by molar-refractivity contribution is 0.437. The van der Waals surface area contributed by atoms with Gasteiger partial charge in [-0.2, -0.15) is 0 Å². The summed E-state index contributed by atoms with van der Waals surface area (Å²) in [6.45, 7) is 4.84. The van der Waals surface area contributed by atoms with Crippen molar-refractivity contribution < 1.29 is 4.39 Å². The topological polar surface area (TPSA) is 29.3 Å². The zero-order valence-electron chi connectivity index (χ0n) is 10.5. The second kappa shape index (κ2) is 5.50. The van der Waals surface area contributed by atoms with Gasteiger partial charge in [-0.1, -0.05) is 13.0 Å².